The first-order valence-electron chi connectivity index (χ1n) is 10.7. The minimum atomic E-state index is -0.547. The average molecular weight is 433 g/mol. The molecule has 166 valence electrons. The minimum Gasteiger partial charge on any atom is -0.444 e. The maximum absolute atomic E-state index is 12.6. The van der Waals surface area contributed by atoms with Crippen molar-refractivity contribution in [1.29, 1.82) is 0 Å². The fourth-order valence-electron chi connectivity index (χ4n) is 3.71. The fourth-order valence-corrected chi connectivity index (χ4v) is 3.71. The van der Waals surface area contributed by atoms with Gasteiger partial charge in [0, 0.05) is 23.2 Å². The number of ether oxygens (including phenoxy) is 1. The van der Waals surface area contributed by atoms with Crippen LogP contribution in [0.2, 0.25) is 0 Å². The molecule has 0 saturated heterocycles. The Bertz CT molecular complexity index is 1140. The van der Waals surface area contributed by atoms with Crippen LogP contribution < -0.4 is 5.32 Å². The lowest BCUT2D eigenvalue weighted by atomic mass is 10.0. The number of hydrogen-bond acceptors (Lipinski definition) is 4. The van der Waals surface area contributed by atoms with E-state index < -0.39 is 5.60 Å². The van der Waals surface area contributed by atoms with Crippen molar-refractivity contribution >= 4 is 12.0 Å². The molecule has 7 nitrogen and oxygen atoms in total. The van der Waals surface area contributed by atoms with Gasteiger partial charge < -0.3 is 10.1 Å². The molecule has 3 aromatic rings. The molecule has 0 atom stereocenters. The first-order valence-corrected chi connectivity index (χ1v) is 10.7. The van der Waals surface area contributed by atoms with E-state index in [4.69, 9.17) is 4.74 Å². The van der Waals surface area contributed by atoms with Crippen LogP contribution in [-0.2, 0) is 24.4 Å². The summed E-state index contributed by atoms with van der Waals surface area (Å²) >= 11 is 0. The number of rotatable bonds is 4. The first-order chi connectivity index (χ1) is 15.2. The van der Waals surface area contributed by atoms with Gasteiger partial charge in [0.05, 0.1) is 24.5 Å². The highest BCUT2D eigenvalue weighted by atomic mass is 16.6. The normalized spacial score (nSPS) is 13.1. The summed E-state index contributed by atoms with van der Waals surface area (Å²) in [5.41, 5.74) is 5.80. The van der Waals surface area contributed by atoms with E-state index in [1.807, 2.05) is 76.2 Å². The van der Waals surface area contributed by atoms with Gasteiger partial charge >= 0.3 is 6.09 Å². The van der Waals surface area contributed by atoms with Crippen LogP contribution in [0.25, 0.3) is 11.3 Å². The van der Waals surface area contributed by atoms with Crippen LogP contribution in [0.1, 0.15) is 53.5 Å². The van der Waals surface area contributed by atoms with Crippen LogP contribution in [-0.4, -0.2) is 32.7 Å². The van der Waals surface area contributed by atoms with E-state index in [0.717, 1.165) is 33.6 Å². The van der Waals surface area contributed by atoms with Gasteiger partial charge in [-0.05, 0) is 45.4 Å². The Morgan fingerprint density at radius 1 is 1.09 bits per heavy atom. The molecule has 1 aromatic heterocycles. The number of benzene rings is 2. The van der Waals surface area contributed by atoms with E-state index in [1.165, 1.54) is 0 Å². The SMILES string of the molecule is Cc1ccc(C(=O)NCc2ccccc2-c2[nH]nc3c2CN(C(=O)OC(C)(C)C)C3)cc1. The summed E-state index contributed by atoms with van der Waals surface area (Å²) in [5.74, 6) is -0.120. The van der Waals surface area contributed by atoms with Crippen molar-refractivity contribution in [3.05, 3.63) is 76.5 Å². The fraction of sp³-hybridized carbons (Fsp3) is 0.320. The number of aryl methyl sites for hydroxylation is 1. The van der Waals surface area contributed by atoms with Gasteiger partial charge in [-0.15, -0.1) is 0 Å². The Morgan fingerprint density at radius 3 is 2.53 bits per heavy atom. The number of aromatic amines is 1. The molecule has 1 aliphatic heterocycles. The number of aromatic nitrogens is 2. The second-order valence-electron chi connectivity index (χ2n) is 9.07. The van der Waals surface area contributed by atoms with E-state index >= 15 is 0 Å². The minimum absolute atomic E-state index is 0.120. The van der Waals surface area contributed by atoms with Crippen molar-refractivity contribution in [2.24, 2.45) is 0 Å². The molecule has 0 fully saturated rings. The second kappa shape index (κ2) is 8.49. The third-order valence-corrected chi connectivity index (χ3v) is 5.33. The smallest absolute Gasteiger partial charge is 0.410 e. The summed E-state index contributed by atoms with van der Waals surface area (Å²) < 4.78 is 5.51. The molecule has 0 aliphatic carbocycles. The molecule has 2 aromatic carbocycles. The van der Waals surface area contributed by atoms with Gasteiger partial charge in [-0.25, -0.2) is 4.79 Å². The Morgan fingerprint density at radius 2 is 1.81 bits per heavy atom. The van der Waals surface area contributed by atoms with Crippen molar-refractivity contribution < 1.29 is 14.3 Å². The summed E-state index contributed by atoms with van der Waals surface area (Å²) in [6.07, 6.45) is -0.347. The number of carbonyl (C=O) groups is 2. The van der Waals surface area contributed by atoms with Crippen molar-refractivity contribution in [3.63, 3.8) is 0 Å². The lowest BCUT2D eigenvalue weighted by molar-refractivity contribution is 0.0240. The first kappa shape index (κ1) is 21.6. The third-order valence-electron chi connectivity index (χ3n) is 5.33. The molecule has 0 saturated carbocycles. The van der Waals surface area contributed by atoms with E-state index in [1.54, 1.807) is 4.90 Å². The topological polar surface area (TPSA) is 87.3 Å². The monoisotopic (exact) mass is 432 g/mol. The highest BCUT2D eigenvalue weighted by molar-refractivity contribution is 5.94. The predicted octanol–water partition coefficient (Wildman–Crippen LogP) is 4.57. The van der Waals surface area contributed by atoms with Crippen molar-refractivity contribution in [1.82, 2.24) is 20.4 Å². The van der Waals surface area contributed by atoms with Gasteiger partial charge in [-0.2, -0.15) is 5.10 Å². The Kier molecular flexibility index (Phi) is 5.74. The average Bonchev–Trinajstić information content (AvgIpc) is 3.33. The molecule has 2 heterocycles. The summed E-state index contributed by atoms with van der Waals surface area (Å²) in [4.78, 5) is 26.7. The Labute approximate surface area is 187 Å². The number of fused-ring (bicyclic) bond motifs is 1. The van der Waals surface area contributed by atoms with E-state index in [2.05, 4.69) is 15.5 Å². The van der Waals surface area contributed by atoms with E-state index in [0.29, 0.717) is 25.2 Å². The number of nitrogens with zero attached hydrogens (tertiary/aromatic N) is 2. The molecule has 7 heteroatoms. The molecular formula is C25H28N4O3. The molecule has 0 radical (unpaired) electrons. The maximum Gasteiger partial charge on any atom is 0.410 e. The standard InChI is InChI=1S/C25H28N4O3/c1-16-9-11-17(12-10-16)23(30)26-13-18-7-5-6-8-19(18)22-20-14-29(15-21(20)27-28-22)24(31)32-25(2,3)4/h5-12H,13-15H2,1-4H3,(H,26,30)(H,27,28). The molecule has 32 heavy (non-hydrogen) atoms. The molecule has 0 bridgehead atoms. The molecular weight excluding hydrogens is 404 g/mol. The van der Waals surface area contributed by atoms with Crippen molar-refractivity contribution in [2.45, 2.75) is 52.9 Å². The highest BCUT2D eigenvalue weighted by Gasteiger charge is 2.32. The van der Waals surface area contributed by atoms with Crippen molar-refractivity contribution in [2.75, 3.05) is 0 Å². The summed E-state index contributed by atoms with van der Waals surface area (Å²) in [6, 6.07) is 15.4. The van der Waals surface area contributed by atoms with Gasteiger partial charge in [0.1, 0.15) is 5.60 Å². The van der Waals surface area contributed by atoms with E-state index in [9.17, 15) is 9.59 Å². The molecule has 2 N–H and O–H groups in total. The van der Waals surface area contributed by atoms with E-state index in [-0.39, 0.29) is 12.0 Å². The highest BCUT2D eigenvalue weighted by Crippen LogP contribution is 2.33. The van der Waals surface area contributed by atoms with Crippen molar-refractivity contribution in [3.8, 4) is 11.3 Å². The van der Waals surface area contributed by atoms with Crippen LogP contribution >= 0.6 is 0 Å². The lowest BCUT2D eigenvalue weighted by Gasteiger charge is -2.24. The summed E-state index contributed by atoms with van der Waals surface area (Å²) in [6.45, 7) is 8.77. The van der Waals surface area contributed by atoms with Crippen LogP contribution in [0, 0.1) is 6.92 Å². The largest absolute Gasteiger partial charge is 0.444 e. The quantitative estimate of drug-likeness (QED) is 0.632. The van der Waals surface area contributed by atoms with Crippen LogP contribution in [0.4, 0.5) is 4.79 Å². The van der Waals surface area contributed by atoms with Gasteiger partial charge in [-0.1, -0.05) is 42.0 Å². The zero-order chi connectivity index (χ0) is 22.9. The van der Waals surface area contributed by atoms with Crippen LogP contribution in [0.5, 0.6) is 0 Å². The number of hydrogen-bond donors (Lipinski definition) is 2. The number of carbonyl (C=O) groups excluding carboxylic acids is 2. The molecule has 2 amide bonds. The maximum atomic E-state index is 12.6. The number of amides is 2. The van der Waals surface area contributed by atoms with Gasteiger partial charge in [0.15, 0.2) is 0 Å². The number of nitrogens with one attached hydrogen (secondary N) is 2. The zero-order valence-electron chi connectivity index (χ0n) is 18.9. The van der Waals surface area contributed by atoms with Crippen LogP contribution in [0.15, 0.2) is 48.5 Å². The zero-order valence-corrected chi connectivity index (χ0v) is 18.9. The predicted molar refractivity (Wildman–Crippen MR) is 122 cm³/mol. The summed E-state index contributed by atoms with van der Waals surface area (Å²) in [7, 11) is 0. The Hall–Kier alpha value is -3.61. The molecule has 0 spiro atoms. The second-order valence-corrected chi connectivity index (χ2v) is 9.07. The number of H-pyrrole nitrogens is 1. The Balaban J connectivity index is 1.51. The lowest BCUT2D eigenvalue weighted by Crippen LogP contribution is -2.33. The van der Waals surface area contributed by atoms with Gasteiger partial charge in [0.2, 0.25) is 0 Å². The van der Waals surface area contributed by atoms with Gasteiger partial charge in [0.25, 0.3) is 5.91 Å². The van der Waals surface area contributed by atoms with Gasteiger partial charge in [-0.3, -0.25) is 14.8 Å². The summed E-state index contributed by atoms with van der Waals surface area (Å²) in [5, 5.41) is 10.6. The molecule has 1 aliphatic rings. The molecule has 0 unspecified atom stereocenters. The van der Waals surface area contributed by atoms with Crippen LogP contribution in [0.3, 0.4) is 0 Å². The third kappa shape index (κ3) is 4.66. The molecule has 4 rings (SSSR count).